The van der Waals surface area contributed by atoms with Crippen LogP contribution in [0, 0.1) is 6.92 Å². The summed E-state index contributed by atoms with van der Waals surface area (Å²) in [5, 5.41) is 0. The van der Waals surface area contributed by atoms with Crippen LogP contribution in [0.2, 0.25) is 0 Å². The average molecular weight is 180 g/mol. The third-order valence-electron chi connectivity index (χ3n) is 1.73. The normalized spacial score (nSPS) is 9.69. The van der Waals surface area contributed by atoms with E-state index in [1.807, 2.05) is 6.92 Å². The first-order valence-electron chi connectivity index (χ1n) is 3.80. The van der Waals surface area contributed by atoms with Crippen LogP contribution in [0.1, 0.15) is 15.9 Å². The third-order valence-corrected chi connectivity index (χ3v) is 1.73. The molecule has 1 aromatic rings. The number of carbonyl (C=O) groups is 1. The van der Waals surface area contributed by atoms with Crippen LogP contribution in [-0.4, -0.2) is 13.1 Å². The Morgan fingerprint density at radius 3 is 2.15 bits per heavy atom. The Balaban J connectivity index is 3.28. The summed E-state index contributed by atoms with van der Waals surface area (Å²) in [5.41, 5.74) is 13.1. The molecule has 1 rings (SSSR count). The molecule has 4 heteroatoms. The highest BCUT2D eigenvalue weighted by Gasteiger charge is 2.13. The van der Waals surface area contributed by atoms with Gasteiger partial charge in [0.05, 0.1) is 7.11 Å². The first-order valence-corrected chi connectivity index (χ1v) is 3.80. The van der Waals surface area contributed by atoms with E-state index in [1.165, 1.54) is 7.11 Å². The second-order valence-electron chi connectivity index (χ2n) is 2.81. The number of nitrogens with two attached hydrogens (primary N) is 2. The van der Waals surface area contributed by atoms with Crippen molar-refractivity contribution in [1.82, 2.24) is 0 Å². The van der Waals surface area contributed by atoms with Gasteiger partial charge in [-0.15, -0.1) is 0 Å². The predicted molar refractivity (Wildman–Crippen MR) is 51.3 cm³/mol. The van der Waals surface area contributed by atoms with E-state index in [1.54, 1.807) is 12.1 Å². The Labute approximate surface area is 76.5 Å². The zero-order chi connectivity index (χ0) is 10.0. The third kappa shape index (κ3) is 1.72. The molecule has 0 fully saturated rings. The van der Waals surface area contributed by atoms with Crippen molar-refractivity contribution >= 4 is 17.3 Å². The van der Waals surface area contributed by atoms with Gasteiger partial charge in [0.1, 0.15) is 5.56 Å². The van der Waals surface area contributed by atoms with Crippen molar-refractivity contribution in [3.05, 3.63) is 23.3 Å². The van der Waals surface area contributed by atoms with Crippen LogP contribution in [0.4, 0.5) is 11.4 Å². The van der Waals surface area contributed by atoms with Gasteiger partial charge in [-0.3, -0.25) is 0 Å². The van der Waals surface area contributed by atoms with Crippen molar-refractivity contribution in [2.45, 2.75) is 6.92 Å². The second kappa shape index (κ2) is 3.35. The number of rotatable bonds is 1. The Morgan fingerprint density at radius 2 is 1.77 bits per heavy atom. The zero-order valence-electron chi connectivity index (χ0n) is 7.63. The fourth-order valence-electron chi connectivity index (χ4n) is 1.18. The first kappa shape index (κ1) is 9.38. The lowest BCUT2D eigenvalue weighted by molar-refractivity contribution is 0.0603. The molecule has 0 aliphatic heterocycles. The lowest BCUT2D eigenvalue weighted by atomic mass is 10.1. The molecule has 0 aromatic heterocycles. The number of benzene rings is 1. The lowest BCUT2D eigenvalue weighted by Gasteiger charge is -2.07. The fourth-order valence-corrected chi connectivity index (χ4v) is 1.18. The van der Waals surface area contributed by atoms with Crippen molar-refractivity contribution in [2.24, 2.45) is 0 Å². The van der Waals surface area contributed by atoms with Crippen molar-refractivity contribution in [3.8, 4) is 0 Å². The van der Waals surface area contributed by atoms with E-state index < -0.39 is 5.97 Å². The van der Waals surface area contributed by atoms with E-state index in [4.69, 9.17) is 11.5 Å². The van der Waals surface area contributed by atoms with Gasteiger partial charge in [-0.1, -0.05) is 0 Å². The standard InChI is InChI=1S/C9H12N2O2/c1-5-3-6(10)8(7(11)4-5)9(12)13-2/h3-4H,10-11H2,1-2H3. The summed E-state index contributed by atoms with van der Waals surface area (Å²) >= 11 is 0. The lowest BCUT2D eigenvalue weighted by Crippen LogP contribution is -2.09. The van der Waals surface area contributed by atoms with Gasteiger partial charge in [-0.2, -0.15) is 0 Å². The SMILES string of the molecule is COC(=O)c1c(N)cc(C)cc1N. The minimum absolute atomic E-state index is 0.244. The Hall–Kier alpha value is -1.71. The number of anilines is 2. The molecule has 0 aliphatic carbocycles. The summed E-state index contributed by atoms with van der Waals surface area (Å²) < 4.78 is 4.54. The molecular formula is C9H12N2O2. The molecule has 0 heterocycles. The largest absolute Gasteiger partial charge is 0.465 e. The first-order chi connectivity index (χ1) is 6.06. The maximum absolute atomic E-state index is 11.2. The number of methoxy groups -OCH3 is 1. The van der Waals surface area contributed by atoms with E-state index >= 15 is 0 Å². The maximum Gasteiger partial charge on any atom is 0.342 e. The molecule has 0 saturated heterocycles. The fraction of sp³-hybridized carbons (Fsp3) is 0.222. The second-order valence-corrected chi connectivity index (χ2v) is 2.81. The smallest absolute Gasteiger partial charge is 0.342 e. The Bertz CT molecular complexity index is 324. The van der Waals surface area contributed by atoms with Crippen LogP contribution >= 0.6 is 0 Å². The number of esters is 1. The molecule has 0 radical (unpaired) electrons. The topological polar surface area (TPSA) is 78.3 Å². The molecule has 0 amide bonds. The number of hydrogen-bond acceptors (Lipinski definition) is 4. The van der Waals surface area contributed by atoms with Crippen LogP contribution in [0.3, 0.4) is 0 Å². The van der Waals surface area contributed by atoms with Gasteiger partial charge in [-0.25, -0.2) is 4.79 Å². The van der Waals surface area contributed by atoms with Crippen molar-refractivity contribution in [3.63, 3.8) is 0 Å². The molecule has 4 N–H and O–H groups in total. The predicted octanol–water partition coefficient (Wildman–Crippen LogP) is 0.946. The molecule has 0 unspecified atom stereocenters. The van der Waals surface area contributed by atoms with E-state index in [2.05, 4.69) is 4.74 Å². The van der Waals surface area contributed by atoms with Crippen molar-refractivity contribution in [2.75, 3.05) is 18.6 Å². The molecule has 0 spiro atoms. The number of carbonyl (C=O) groups excluding carboxylic acids is 1. The molecule has 70 valence electrons. The van der Waals surface area contributed by atoms with Crippen LogP contribution < -0.4 is 11.5 Å². The van der Waals surface area contributed by atoms with Gasteiger partial charge >= 0.3 is 5.97 Å². The highest BCUT2D eigenvalue weighted by Crippen LogP contribution is 2.22. The van der Waals surface area contributed by atoms with Crippen LogP contribution in [0.5, 0.6) is 0 Å². The van der Waals surface area contributed by atoms with Crippen molar-refractivity contribution < 1.29 is 9.53 Å². The summed E-state index contributed by atoms with van der Waals surface area (Å²) in [6.45, 7) is 1.85. The van der Waals surface area contributed by atoms with Crippen LogP contribution in [0.25, 0.3) is 0 Å². The molecule has 0 saturated carbocycles. The van der Waals surface area contributed by atoms with E-state index in [0.717, 1.165) is 5.56 Å². The van der Waals surface area contributed by atoms with Crippen molar-refractivity contribution in [1.29, 1.82) is 0 Å². The van der Waals surface area contributed by atoms with Crippen LogP contribution in [-0.2, 0) is 4.74 Å². The number of ether oxygens (including phenoxy) is 1. The monoisotopic (exact) mass is 180 g/mol. The molecule has 13 heavy (non-hydrogen) atoms. The van der Waals surface area contributed by atoms with E-state index in [9.17, 15) is 4.79 Å². The highest BCUT2D eigenvalue weighted by atomic mass is 16.5. The molecule has 0 atom stereocenters. The zero-order valence-corrected chi connectivity index (χ0v) is 7.63. The number of hydrogen-bond donors (Lipinski definition) is 2. The van der Waals surface area contributed by atoms with Gasteiger partial charge in [0.25, 0.3) is 0 Å². The van der Waals surface area contributed by atoms with Gasteiger partial charge in [0.15, 0.2) is 0 Å². The van der Waals surface area contributed by atoms with E-state index in [0.29, 0.717) is 11.4 Å². The Kier molecular flexibility index (Phi) is 2.41. The Morgan fingerprint density at radius 1 is 1.31 bits per heavy atom. The summed E-state index contributed by atoms with van der Waals surface area (Å²) in [6.07, 6.45) is 0. The van der Waals surface area contributed by atoms with Gasteiger partial charge in [0.2, 0.25) is 0 Å². The molecular weight excluding hydrogens is 168 g/mol. The summed E-state index contributed by atoms with van der Waals surface area (Å²) in [5.74, 6) is -0.505. The minimum atomic E-state index is -0.505. The quantitative estimate of drug-likeness (QED) is 0.498. The summed E-state index contributed by atoms with van der Waals surface area (Å²) in [4.78, 5) is 11.2. The number of nitrogen functional groups attached to an aromatic ring is 2. The maximum atomic E-state index is 11.2. The number of aryl methyl sites for hydroxylation is 1. The molecule has 0 bridgehead atoms. The minimum Gasteiger partial charge on any atom is -0.465 e. The molecule has 0 aliphatic rings. The van der Waals surface area contributed by atoms with Gasteiger partial charge < -0.3 is 16.2 Å². The van der Waals surface area contributed by atoms with E-state index in [-0.39, 0.29) is 5.56 Å². The van der Waals surface area contributed by atoms with Gasteiger partial charge in [-0.05, 0) is 24.6 Å². The average Bonchev–Trinajstić information content (AvgIpc) is 2.02. The molecule has 4 nitrogen and oxygen atoms in total. The summed E-state index contributed by atoms with van der Waals surface area (Å²) in [7, 11) is 1.29. The van der Waals surface area contributed by atoms with Crippen LogP contribution in [0.15, 0.2) is 12.1 Å². The highest BCUT2D eigenvalue weighted by molar-refractivity contribution is 6.00. The molecule has 1 aromatic carbocycles. The van der Waals surface area contributed by atoms with Gasteiger partial charge in [0, 0.05) is 11.4 Å². The summed E-state index contributed by atoms with van der Waals surface area (Å²) in [6, 6.07) is 3.37.